The van der Waals surface area contributed by atoms with E-state index in [0.29, 0.717) is 0 Å². The molecule has 0 radical (unpaired) electrons. The van der Waals surface area contributed by atoms with Gasteiger partial charge in [-0.15, -0.1) is 0 Å². The molecule has 0 saturated heterocycles. The smallest absolute Gasteiger partial charge is 0.153 e. The summed E-state index contributed by atoms with van der Waals surface area (Å²) in [7, 11) is 1.97. The van der Waals surface area contributed by atoms with Crippen LogP contribution in [0.15, 0.2) is 35.5 Å². The summed E-state index contributed by atoms with van der Waals surface area (Å²) in [5.41, 5.74) is 3.79. The van der Waals surface area contributed by atoms with Crippen LogP contribution in [0.25, 0.3) is 10.9 Å². The maximum absolute atomic E-state index is 9.82. The number of H-pyrrole nitrogens is 1. The Morgan fingerprint density at radius 1 is 1.32 bits per heavy atom. The minimum Gasteiger partial charge on any atom is -0.345 e. The second-order valence-corrected chi connectivity index (χ2v) is 6.98. The number of nitrogens with one attached hydrogen (secondary N) is 1. The Labute approximate surface area is 145 Å². The van der Waals surface area contributed by atoms with Gasteiger partial charge in [0.1, 0.15) is 11.6 Å². The number of fused-ring (bicyclic) bond motifs is 2. The average Bonchev–Trinajstić information content (AvgIpc) is 3.14. The van der Waals surface area contributed by atoms with Gasteiger partial charge < -0.3 is 9.88 Å². The molecule has 124 valence electrons. The van der Waals surface area contributed by atoms with Crippen molar-refractivity contribution >= 4 is 28.6 Å². The van der Waals surface area contributed by atoms with Crippen molar-refractivity contribution in [1.82, 2.24) is 14.8 Å². The number of aromatic nitrogens is 3. The van der Waals surface area contributed by atoms with Gasteiger partial charge in [0.15, 0.2) is 5.82 Å². The lowest BCUT2D eigenvalue weighted by Crippen LogP contribution is -2.41. The Morgan fingerprint density at radius 2 is 2.16 bits per heavy atom. The Kier molecular flexibility index (Phi) is 2.70. The summed E-state index contributed by atoms with van der Waals surface area (Å²) in [5.74, 6) is 0.814. The van der Waals surface area contributed by atoms with Crippen LogP contribution in [0.3, 0.4) is 0 Å². The summed E-state index contributed by atoms with van der Waals surface area (Å²) < 4.78 is 1.92. The van der Waals surface area contributed by atoms with Gasteiger partial charge in [0.25, 0.3) is 0 Å². The normalized spacial score (nSPS) is 20.5. The number of nitrogens with zero attached hydrogens (tertiary/aromatic N) is 5. The van der Waals surface area contributed by atoms with Crippen LogP contribution in [-0.4, -0.2) is 26.5 Å². The first-order chi connectivity index (χ1) is 12.1. The molecule has 3 heterocycles. The highest BCUT2D eigenvalue weighted by molar-refractivity contribution is 5.92. The van der Waals surface area contributed by atoms with Gasteiger partial charge >= 0.3 is 0 Å². The van der Waals surface area contributed by atoms with E-state index < -0.39 is 5.54 Å². The van der Waals surface area contributed by atoms with Gasteiger partial charge in [-0.1, -0.05) is 12.1 Å². The lowest BCUT2D eigenvalue weighted by molar-refractivity contribution is 0.640. The minimum atomic E-state index is -0.456. The highest BCUT2D eigenvalue weighted by Crippen LogP contribution is 2.51. The van der Waals surface area contributed by atoms with E-state index in [2.05, 4.69) is 46.1 Å². The topological polar surface area (TPSA) is 73.0 Å². The number of hydrogen-bond acceptors (Lipinski definition) is 4. The molecule has 1 unspecified atom stereocenters. The first-order valence-electron chi connectivity index (χ1n) is 8.48. The fourth-order valence-electron chi connectivity index (χ4n) is 3.84. The molecule has 1 aliphatic heterocycles. The van der Waals surface area contributed by atoms with E-state index in [-0.39, 0.29) is 6.04 Å². The van der Waals surface area contributed by atoms with Gasteiger partial charge in [-0.3, -0.25) is 4.68 Å². The third kappa shape index (κ3) is 1.89. The summed E-state index contributed by atoms with van der Waals surface area (Å²) in [6.07, 6.45) is 5.55. The molecule has 1 atom stereocenters. The molecule has 1 N–H and O–H groups in total. The first kappa shape index (κ1) is 14.3. The van der Waals surface area contributed by atoms with Gasteiger partial charge in [0, 0.05) is 24.8 Å². The molecule has 2 aliphatic rings. The van der Waals surface area contributed by atoms with Gasteiger partial charge in [-0.25, -0.2) is 4.99 Å². The fourth-order valence-corrected chi connectivity index (χ4v) is 3.84. The van der Waals surface area contributed by atoms with Crippen molar-refractivity contribution in [3.8, 4) is 6.07 Å². The number of rotatable bonds is 2. The molecule has 3 aromatic rings. The van der Waals surface area contributed by atoms with Crippen LogP contribution in [0.1, 0.15) is 30.1 Å². The molecule has 5 rings (SSSR count). The van der Waals surface area contributed by atoms with Gasteiger partial charge in [0.2, 0.25) is 0 Å². The van der Waals surface area contributed by atoms with E-state index in [9.17, 15) is 5.26 Å². The molecule has 2 aromatic heterocycles. The zero-order chi connectivity index (χ0) is 17.2. The number of aliphatic imine (C=N–C) groups is 1. The number of aryl methyl sites for hydroxylation is 2. The van der Waals surface area contributed by atoms with E-state index in [0.717, 1.165) is 40.9 Å². The summed E-state index contributed by atoms with van der Waals surface area (Å²) in [6.45, 7) is 2.08. The number of anilines is 1. The van der Waals surface area contributed by atoms with Crippen LogP contribution in [0, 0.1) is 18.3 Å². The highest BCUT2D eigenvalue weighted by Gasteiger charge is 2.53. The van der Waals surface area contributed by atoms with Crippen molar-refractivity contribution in [2.24, 2.45) is 12.0 Å². The molecule has 6 heteroatoms. The van der Waals surface area contributed by atoms with Crippen LogP contribution in [0.2, 0.25) is 0 Å². The zero-order valence-electron chi connectivity index (χ0n) is 14.2. The average molecular weight is 330 g/mol. The van der Waals surface area contributed by atoms with Crippen molar-refractivity contribution in [2.45, 2.75) is 31.3 Å². The van der Waals surface area contributed by atoms with E-state index in [4.69, 9.17) is 5.10 Å². The Balaban J connectivity index is 1.72. The Hall–Kier alpha value is -3.07. The fraction of sp³-hybridized carbons (Fsp3) is 0.316. The molecule has 0 spiro atoms. The molecule has 25 heavy (non-hydrogen) atoms. The molecule has 1 aromatic carbocycles. The maximum Gasteiger partial charge on any atom is 0.153 e. The quantitative estimate of drug-likeness (QED) is 0.781. The van der Waals surface area contributed by atoms with Crippen LogP contribution in [-0.2, 0) is 7.05 Å². The molecule has 0 bridgehead atoms. The standard InChI is InChI=1S/C19H18N6/c1-12-3-4-13-15(9-12)24(2)23-17(13)16-10-22-18-14(5-8-21-18)25(16)19(11-20)6-7-19/h3-5,8-10,16,21H,6-7H2,1-2H3. The van der Waals surface area contributed by atoms with E-state index in [1.54, 1.807) is 0 Å². The largest absolute Gasteiger partial charge is 0.345 e. The maximum atomic E-state index is 9.82. The SMILES string of the molecule is Cc1ccc2c(C3C=Nc4[nH]ccc4N3C3(C#N)CC3)nn(C)c2c1. The molecule has 1 fully saturated rings. The number of benzene rings is 1. The van der Waals surface area contributed by atoms with E-state index in [1.807, 2.05) is 30.2 Å². The third-order valence-electron chi connectivity index (χ3n) is 5.29. The van der Waals surface area contributed by atoms with Crippen molar-refractivity contribution in [3.05, 3.63) is 41.7 Å². The van der Waals surface area contributed by atoms with Crippen molar-refractivity contribution in [1.29, 1.82) is 5.26 Å². The predicted molar refractivity (Wildman–Crippen MR) is 97.2 cm³/mol. The minimum absolute atomic E-state index is 0.142. The van der Waals surface area contributed by atoms with Gasteiger partial charge in [-0.05, 0) is 37.5 Å². The highest BCUT2D eigenvalue weighted by atomic mass is 15.3. The van der Waals surface area contributed by atoms with Crippen molar-refractivity contribution in [2.75, 3.05) is 4.90 Å². The van der Waals surface area contributed by atoms with Crippen LogP contribution in [0.4, 0.5) is 11.5 Å². The van der Waals surface area contributed by atoms with Gasteiger partial charge in [0.05, 0.1) is 23.0 Å². The second-order valence-electron chi connectivity index (χ2n) is 6.98. The number of hydrogen-bond donors (Lipinski definition) is 1. The number of nitriles is 1. The first-order valence-corrected chi connectivity index (χ1v) is 8.48. The Morgan fingerprint density at radius 3 is 2.92 bits per heavy atom. The lowest BCUT2D eigenvalue weighted by atomic mass is 10.0. The summed E-state index contributed by atoms with van der Waals surface area (Å²) in [4.78, 5) is 9.95. The molecule has 0 amide bonds. The predicted octanol–water partition coefficient (Wildman–Crippen LogP) is 3.53. The van der Waals surface area contributed by atoms with Crippen LogP contribution in [0.5, 0.6) is 0 Å². The van der Waals surface area contributed by atoms with Crippen molar-refractivity contribution < 1.29 is 0 Å². The summed E-state index contributed by atoms with van der Waals surface area (Å²) in [5, 5.41) is 15.7. The van der Waals surface area contributed by atoms with Crippen LogP contribution < -0.4 is 4.90 Å². The van der Waals surface area contributed by atoms with Gasteiger partial charge in [-0.2, -0.15) is 10.4 Å². The molecule has 1 aliphatic carbocycles. The molecular weight excluding hydrogens is 312 g/mol. The molecule has 6 nitrogen and oxygen atoms in total. The Bertz CT molecular complexity index is 1060. The summed E-state index contributed by atoms with van der Waals surface area (Å²) in [6, 6.07) is 10.8. The zero-order valence-corrected chi connectivity index (χ0v) is 14.2. The van der Waals surface area contributed by atoms with Crippen molar-refractivity contribution in [3.63, 3.8) is 0 Å². The van der Waals surface area contributed by atoms with Crippen LogP contribution >= 0.6 is 0 Å². The van der Waals surface area contributed by atoms with E-state index in [1.165, 1.54) is 5.56 Å². The lowest BCUT2D eigenvalue weighted by Gasteiger charge is -2.36. The number of aromatic amines is 1. The van der Waals surface area contributed by atoms with E-state index >= 15 is 0 Å². The monoisotopic (exact) mass is 330 g/mol. The second kappa shape index (κ2) is 4.73. The molecular formula is C19H18N6. The summed E-state index contributed by atoms with van der Waals surface area (Å²) >= 11 is 0. The third-order valence-corrected chi connectivity index (χ3v) is 5.29. The molecule has 1 saturated carbocycles.